The van der Waals surface area contributed by atoms with Gasteiger partial charge in [0.1, 0.15) is 0 Å². The molecule has 0 atom stereocenters. The molecule has 2 saturated heterocycles. The van der Waals surface area contributed by atoms with Crippen molar-refractivity contribution < 1.29 is 9.53 Å². The number of hydrogen-bond donors (Lipinski definition) is 2. The van der Waals surface area contributed by atoms with E-state index in [0.717, 1.165) is 25.9 Å². The van der Waals surface area contributed by atoms with Crippen LogP contribution >= 0.6 is 0 Å². The monoisotopic (exact) mass is 256 g/mol. The van der Waals surface area contributed by atoms with Crippen molar-refractivity contribution in [3.8, 4) is 0 Å². The number of ether oxygens (including phenoxy) is 1. The number of carbonyl (C=O) groups is 1. The standard InChI is InChI=1S/C12H24N4O2/c1-15-4-2-12(10-13,3-5-15)14-11(17)16-6-8-18-9-7-16/h2-10,13H2,1H3,(H,14,17). The van der Waals surface area contributed by atoms with Gasteiger partial charge in [-0.2, -0.15) is 0 Å². The Kier molecular flexibility index (Phi) is 4.42. The van der Waals surface area contributed by atoms with E-state index < -0.39 is 0 Å². The third-order valence-electron chi connectivity index (χ3n) is 4.01. The normalized spacial score (nSPS) is 24.9. The van der Waals surface area contributed by atoms with E-state index in [1.165, 1.54) is 0 Å². The van der Waals surface area contributed by atoms with Crippen molar-refractivity contribution in [2.45, 2.75) is 18.4 Å². The number of nitrogens with zero attached hydrogens (tertiary/aromatic N) is 2. The second-order valence-electron chi connectivity index (χ2n) is 5.32. The van der Waals surface area contributed by atoms with Crippen LogP contribution in [-0.2, 0) is 4.74 Å². The predicted molar refractivity (Wildman–Crippen MR) is 69.4 cm³/mol. The Bertz CT molecular complexity index is 284. The van der Waals surface area contributed by atoms with Gasteiger partial charge in [-0.25, -0.2) is 4.79 Å². The molecule has 0 radical (unpaired) electrons. The summed E-state index contributed by atoms with van der Waals surface area (Å²) in [5.41, 5.74) is 5.66. The molecule has 2 aliphatic rings. The summed E-state index contributed by atoms with van der Waals surface area (Å²) >= 11 is 0. The molecule has 3 N–H and O–H groups in total. The van der Waals surface area contributed by atoms with Gasteiger partial charge in [-0.1, -0.05) is 0 Å². The first-order valence-electron chi connectivity index (χ1n) is 6.69. The van der Waals surface area contributed by atoms with E-state index in [9.17, 15) is 4.79 Å². The fraction of sp³-hybridized carbons (Fsp3) is 0.917. The fourth-order valence-electron chi connectivity index (χ4n) is 2.50. The Morgan fingerprint density at radius 3 is 2.44 bits per heavy atom. The van der Waals surface area contributed by atoms with Crippen LogP contribution in [0.15, 0.2) is 0 Å². The molecule has 2 heterocycles. The summed E-state index contributed by atoms with van der Waals surface area (Å²) < 4.78 is 5.25. The van der Waals surface area contributed by atoms with E-state index in [-0.39, 0.29) is 11.6 Å². The van der Waals surface area contributed by atoms with Crippen LogP contribution in [0.1, 0.15) is 12.8 Å². The summed E-state index contributed by atoms with van der Waals surface area (Å²) in [5, 5.41) is 3.15. The third kappa shape index (κ3) is 3.13. The van der Waals surface area contributed by atoms with Gasteiger partial charge in [0.05, 0.1) is 18.8 Å². The third-order valence-corrected chi connectivity index (χ3v) is 4.01. The second-order valence-corrected chi connectivity index (χ2v) is 5.32. The molecule has 0 aromatic heterocycles. The first-order valence-corrected chi connectivity index (χ1v) is 6.69. The van der Waals surface area contributed by atoms with E-state index in [4.69, 9.17) is 10.5 Å². The molecule has 2 aliphatic heterocycles. The second kappa shape index (κ2) is 5.86. The fourth-order valence-corrected chi connectivity index (χ4v) is 2.50. The number of piperidine rings is 1. The number of morpholine rings is 1. The van der Waals surface area contributed by atoms with Crippen molar-refractivity contribution in [1.29, 1.82) is 0 Å². The summed E-state index contributed by atoms with van der Waals surface area (Å²) in [6.45, 7) is 5.09. The van der Waals surface area contributed by atoms with Gasteiger partial charge in [0.25, 0.3) is 0 Å². The molecule has 2 rings (SSSR count). The summed E-state index contributed by atoms with van der Waals surface area (Å²) in [7, 11) is 2.10. The summed E-state index contributed by atoms with van der Waals surface area (Å²) in [6, 6.07) is 0.00769. The van der Waals surface area contributed by atoms with E-state index in [1.807, 2.05) is 4.90 Å². The topological polar surface area (TPSA) is 70.8 Å². The highest BCUT2D eigenvalue weighted by molar-refractivity contribution is 5.75. The SMILES string of the molecule is CN1CCC(CN)(NC(=O)N2CCOCC2)CC1. The zero-order chi connectivity index (χ0) is 13.0. The molecule has 0 saturated carbocycles. The van der Waals surface area contributed by atoms with Crippen molar-refractivity contribution in [3.05, 3.63) is 0 Å². The molecule has 2 fully saturated rings. The molecule has 0 unspecified atom stereocenters. The van der Waals surface area contributed by atoms with E-state index in [1.54, 1.807) is 0 Å². The minimum Gasteiger partial charge on any atom is -0.378 e. The lowest BCUT2D eigenvalue weighted by Crippen LogP contribution is -2.62. The number of likely N-dealkylation sites (tertiary alicyclic amines) is 1. The average molecular weight is 256 g/mol. The van der Waals surface area contributed by atoms with Gasteiger partial charge in [-0.05, 0) is 19.9 Å². The van der Waals surface area contributed by atoms with E-state index in [0.29, 0.717) is 32.8 Å². The van der Waals surface area contributed by atoms with Gasteiger partial charge in [0, 0.05) is 32.7 Å². The Labute approximate surface area is 108 Å². The molecule has 104 valence electrons. The minimum atomic E-state index is -0.220. The minimum absolute atomic E-state index is 0.00769. The molecular weight excluding hydrogens is 232 g/mol. The lowest BCUT2D eigenvalue weighted by molar-refractivity contribution is 0.0489. The zero-order valence-corrected chi connectivity index (χ0v) is 11.2. The Hall–Kier alpha value is -0.850. The number of carbonyl (C=O) groups excluding carboxylic acids is 1. The zero-order valence-electron chi connectivity index (χ0n) is 11.2. The highest BCUT2D eigenvalue weighted by atomic mass is 16.5. The summed E-state index contributed by atoms with van der Waals surface area (Å²) in [6.07, 6.45) is 1.85. The van der Waals surface area contributed by atoms with Gasteiger partial charge in [0.2, 0.25) is 0 Å². The maximum atomic E-state index is 12.2. The highest BCUT2D eigenvalue weighted by Crippen LogP contribution is 2.20. The van der Waals surface area contributed by atoms with Crippen molar-refractivity contribution in [3.63, 3.8) is 0 Å². The van der Waals surface area contributed by atoms with Crippen LogP contribution in [0, 0.1) is 0 Å². The highest BCUT2D eigenvalue weighted by Gasteiger charge is 2.35. The first kappa shape index (κ1) is 13.6. The molecule has 0 aromatic carbocycles. The largest absolute Gasteiger partial charge is 0.378 e. The number of urea groups is 1. The van der Waals surface area contributed by atoms with Gasteiger partial charge in [-0.3, -0.25) is 0 Å². The Morgan fingerprint density at radius 1 is 1.28 bits per heavy atom. The van der Waals surface area contributed by atoms with Gasteiger partial charge in [-0.15, -0.1) is 0 Å². The number of nitrogens with one attached hydrogen (secondary N) is 1. The van der Waals surface area contributed by atoms with Crippen LogP contribution in [0.3, 0.4) is 0 Å². The van der Waals surface area contributed by atoms with Gasteiger partial charge < -0.3 is 25.6 Å². The van der Waals surface area contributed by atoms with Crippen molar-refractivity contribution in [2.75, 3.05) is 53.0 Å². The van der Waals surface area contributed by atoms with Crippen LogP contribution in [-0.4, -0.2) is 74.4 Å². The quantitative estimate of drug-likeness (QED) is 0.695. The van der Waals surface area contributed by atoms with Crippen molar-refractivity contribution >= 4 is 6.03 Å². The number of amides is 2. The number of hydrogen-bond acceptors (Lipinski definition) is 4. The lowest BCUT2D eigenvalue weighted by atomic mass is 9.88. The van der Waals surface area contributed by atoms with Crippen LogP contribution in [0.25, 0.3) is 0 Å². The molecule has 18 heavy (non-hydrogen) atoms. The maximum Gasteiger partial charge on any atom is 0.318 e. The lowest BCUT2D eigenvalue weighted by Gasteiger charge is -2.42. The molecule has 6 heteroatoms. The van der Waals surface area contributed by atoms with E-state index >= 15 is 0 Å². The number of nitrogens with two attached hydrogens (primary N) is 1. The smallest absolute Gasteiger partial charge is 0.318 e. The first-order chi connectivity index (χ1) is 8.65. The predicted octanol–water partition coefficient (Wildman–Crippen LogP) is -0.549. The summed E-state index contributed by atoms with van der Waals surface area (Å²) in [5.74, 6) is 0. The van der Waals surface area contributed by atoms with Crippen LogP contribution < -0.4 is 11.1 Å². The van der Waals surface area contributed by atoms with Crippen LogP contribution in [0.2, 0.25) is 0 Å². The van der Waals surface area contributed by atoms with Crippen molar-refractivity contribution in [2.24, 2.45) is 5.73 Å². The van der Waals surface area contributed by atoms with Crippen LogP contribution in [0.4, 0.5) is 4.79 Å². The van der Waals surface area contributed by atoms with Gasteiger partial charge >= 0.3 is 6.03 Å². The van der Waals surface area contributed by atoms with E-state index in [2.05, 4.69) is 17.3 Å². The Morgan fingerprint density at radius 2 is 1.89 bits per heavy atom. The molecule has 0 spiro atoms. The maximum absolute atomic E-state index is 12.2. The molecule has 6 nitrogen and oxygen atoms in total. The number of rotatable bonds is 2. The molecule has 0 aromatic rings. The van der Waals surface area contributed by atoms with Crippen molar-refractivity contribution in [1.82, 2.24) is 15.1 Å². The summed E-state index contributed by atoms with van der Waals surface area (Å²) in [4.78, 5) is 16.3. The average Bonchev–Trinajstić information content (AvgIpc) is 2.43. The molecular formula is C12H24N4O2. The Balaban J connectivity index is 1.90. The molecule has 2 amide bonds. The molecule has 0 aliphatic carbocycles. The van der Waals surface area contributed by atoms with Gasteiger partial charge in [0.15, 0.2) is 0 Å². The molecule has 0 bridgehead atoms. The van der Waals surface area contributed by atoms with Crippen LogP contribution in [0.5, 0.6) is 0 Å².